The highest BCUT2D eigenvalue weighted by Crippen LogP contribution is 2.36. The van der Waals surface area contributed by atoms with Crippen molar-refractivity contribution in [3.63, 3.8) is 0 Å². The zero-order valence-electron chi connectivity index (χ0n) is 17.6. The van der Waals surface area contributed by atoms with E-state index in [1.807, 2.05) is 0 Å². The van der Waals surface area contributed by atoms with E-state index in [0.29, 0.717) is 43.3 Å². The number of rotatable bonds is 6. The molecule has 1 aliphatic heterocycles. The predicted molar refractivity (Wildman–Crippen MR) is 112 cm³/mol. The van der Waals surface area contributed by atoms with E-state index in [4.69, 9.17) is 14.2 Å². The van der Waals surface area contributed by atoms with Crippen LogP contribution in [0.3, 0.4) is 0 Å². The third kappa shape index (κ3) is 4.77. The van der Waals surface area contributed by atoms with Crippen LogP contribution in [-0.4, -0.2) is 70.9 Å². The number of hydrogen-bond acceptors (Lipinski definition) is 10. The molecule has 1 saturated heterocycles. The van der Waals surface area contributed by atoms with Crippen molar-refractivity contribution in [2.75, 3.05) is 40.5 Å². The zero-order valence-corrected chi connectivity index (χ0v) is 19.2. The van der Waals surface area contributed by atoms with E-state index in [9.17, 15) is 18.0 Å². The van der Waals surface area contributed by atoms with Gasteiger partial charge in [0, 0.05) is 24.0 Å². The first kappa shape index (κ1) is 23.3. The van der Waals surface area contributed by atoms with Gasteiger partial charge in [-0.2, -0.15) is 0 Å². The lowest BCUT2D eigenvalue weighted by atomic mass is 9.94. The minimum Gasteiger partial charge on any atom is -0.465 e. The Morgan fingerprint density at radius 1 is 1.10 bits per heavy atom. The van der Waals surface area contributed by atoms with Crippen LogP contribution in [-0.2, 0) is 24.2 Å². The van der Waals surface area contributed by atoms with Crippen molar-refractivity contribution in [1.29, 1.82) is 0 Å². The molecule has 0 radical (unpaired) electrons. The van der Waals surface area contributed by atoms with Crippen LogP contribution in [0.5, 0.6) is 0 Å². The van der Waals surface area contributed by atoms with Crippen molar-refractivity contribution in [2.45, 2.75) is 18.1 Å². The van der Waals surface area contributed by atoms with E-state index in [-0.39, 0.29) is 20.9 Å². The number of esters is 2. The minimum atomic E-state index is -3.85. The molecule has 31 heavy (non-hydrogen) atoms. The van der Waals surface area contributed by atoms with Crippen molar-refractivity contribution < 1.29 is 32.2 Å². The van der Waals surface area contributed by atoms with E-state index >= 15 is 0 Å². The first-order valence-electron chi connectivity index (χ1n) is 9.31. The molecule has 1 aliphatic rings. The maximum atomic E-state index is 12.9. The number of sulfonamides is 1. The number of carbonyl (C=O) groups excluding carboxylic acids is 2. The van der Waals surface area contributed by atoms with Gasteiger partial charge in [0.05, 0.1) is 49.9 Å². The maximum Gasteiger partial charge on any atom is 0.340 e. The summed E-state index contributed by atoms with van der Waals surface area (Å²) in [4.78, 5) is 31.8. The average Bonchev–Trinajstić information content (AvgIpc) is 3.23. The Morgan fingerprint density at radius 3 is 2.16 bits per heavy atom. The van der Waals surface area contributed by atoms with E-state index in [0.717, 1.165) is 11.3 Å². The van der Waals surface area contributed by atoms with Gasteiger partial charge >= 0.3 is 11.9 Å². The first-order chi connectivity index (χ1) is 14.7. The molecular formula is C19H23N3O7S2. The summed E-state index contributed by atoms with van der Waals surface area (Å²) < 4.78 is 40.7. The van der Waals surface area contributed by atoms with Crippen molar-refractivity contribution in [2.24, 2.45) is 0 Å². The second-order valence-electron chi connectivity index (χ2n) is 6.74. The number of nitrogens with one attached hydrogen (secondary N) is 1. The fraction of sp³-hybridized carbons (Fsp3) is 0.421. The van der Waals surface area contributed by atoms with Gasteiger partial charge in [0.15, 0.2) is 0 Å². The number of nitrogens with zero attached hydrogens (tertiary/aromatic N) is 2. The molecule has 10 nitrogen and oxygen atoms in total. The molecule has 0 aromatic carbocycles. The van der Waals surface area contributed by atoms with Gasteiger partial charge in [-0.1, -0.05) is 0 Å². The molecule has 1 fully saturated rings. The van der Waals surface area contributed by atoms with Gasteiger partial charge in [-0.15, -0.1) is 16.2 Å². The highest BCUT2D eigenvalue weighted by molar-refractivity contribution is 7.91. The summed E-state index contributed by atoms with van der Waals surface area (Å²) in [5, 5.41) is 3.14. The Hall–Kier alpha value is -2.38. The summed E-state index contributed by atoms with van der Waals surface area (Å²) in [7, 11) is -1.41. The van der Waals surface area contributed by atoms with Crippen molar-refractivity contribution >= 4 is 33.3 Å². The number of aryl methyl sites for hydroxylation is 2. The van der Waals surface area contributed by atoms with Gasteiger partial charge in [-0.05, 0) is 25.5 Å². The Morgan fingerprint density at radius 2 is 1.65 bits per heavy atom. The second kappa shape index (κ2) is 9.40. The fourth-order valence-electron chi connectivity index (χ4n) is 3.30. The number of hydrogen-bond donors (Lipinski definition) is 1. The molecule has 2 aromatic heterocycles. The van der Waals surface area contributed by atoms with Crippen LogP contribution in [0.1, 0.15) is 32.1 Å². The molecule has 0 bridgehead atoms. The van der Waals surface area contributed by atoms with Crippen molar-refractivity contribution in [3.8, 4) is 11.1 Å². The van der Waals surface area contributed by atoms with Crippen LogP contribution in [0.15, 0.2) is 15.7 Å². The van der Waals surface area contributed by atoms with E-state index in [1.54, 1.807) is 24.2 Å². The van der Waals surface area contributed by atoms with E-state index in [2.05, 4.69) is 9.82 Å². The molecule has 3 rings (SSSR count). The molecule has 0 saturated carbocycles. The molecule has 12 heteroatoms. The van der Waals surface area contributed by atoms with Crippen LogP contribution in [0.25, 0.3) is 11.1 Å². The fourth-order valence-corrected chi connectivity index (χ4v) is 5.58. The van der Waals surface area contributed by atoms with Crippen LogP contribution >= 0.6 is 11.3 Å². The number of aromatic nitrogens is 1. The zero-order chi connectivity index (χ0) is 22.8. The molecule has 0 amide bonds. The summed E-state index contributed by atoms with van der Waals surface area (Å²) in [6.45, 7) is 4.96. The molecule has 1 N–H and O–H groups in total. The Kier molecular flexibility index (Phi) is 7.06. The first-order valence-corrected chi connectivity index (χ1v) is 11.7. The summed E-state index contributed by atoms with van der Waals surface area (Å²) >= 11 is 0.975. The van der Waals surface area contributed by atoms with Gasteiger partial charge in [0.1, 0.15) is 4.21 Å². The van der Waals surface area contributed by atoms with Gasteiger partial charge in [-0.25, -0.2) is 23.0 Å². The topological polar surface area (TPSA) is 124 Å². The van der Waals surface area contributed by atoms with E-state index < -0.39 is 22.0 Å². The largest absolute Gasteiger partial charge is 0.465 e. The molecule has 0 aliphatic carbocycles. The van der Waals surface area contributed by atoms with Crippen LogP contribution in [0.4, 0.5) is 0 Å². The SMILES string of the molecule is COC(=O)c1c(C)nc(C)c(C(=O)OC)c1-c1csc(S(=O)(=O)NN2CCOCC2)c1. The number of ether oxygens (including phenoxy) is 3. The molecule has 0 spiro atoms. The van der Waals surface area contributed by atoms with E-state index in [1.165, 1.54) is 20.3 Å². The maximum absolute atomic E-state index is 12.9. The molecule has 0 unspecified atom stereocenters. The van der Waals surface area contributed by atoms with Crippen LogP contribution < -0.4 is 4.83 Å². The predicted octanol–water partition coefficient (Wildman–Crippen LogP) is 1.53. The van der Waals surface area contributed by atoms with Gasteiger partial charge < -0.3 is 14.2 Å². The molecular weight excluding hydrogens is 446 g/mol. The van der Waals surface area contributed by atoms with Gasteiger partial charge in [-0.3, -0.25) is 4.98 Å². The highest BCUT2D eigenvalue weighted by atomic mass is 32.2. The number of methoxy groups -OCH3 is 2. The van der Waals surface area contributed by atoms with Crippen LogP contribution in [0.2, 0.25) is 0 Å². The lowest BCUT2D eigenvalue weighted by Crippen LogP contribution is -2.48. The lowest BCUT2D eigenvalue weighted by Gasteiger charge is -2.26. The Bertz CT molecular complexity index is 1070. The quantitative estimate of drug-likeness (QED) is 0.627. The minimum absolute atomic E-state index is 0.0349. The third-order valence-corrected chi connectivity index (χ3v) is 7.54. The molecule has 2 aromatic rings. The van der Waals surface area contributed by atoms with Crippen molar-refractivity contribution in [1.82, 2.24) is 14.8 Å². The summed E-state index contributed by atoms with van der Waals surface area (Å²) in [6.07, 6.45) is 0. The third-order valence-electron chi connectivity index (χ3n) is 4.73. The number of pyridine rings is 1. The number of thiophene rings is 1. The molecule has 168 valence electrons. The Balaban J connectivity index is 2.11. The van der Waals surface area contributed by atoms with Gasteiger partial charge in [0.2, 0.25) is 0 Å². The Labute approximate surface area is 184 Å². The number of morpholine rings is 1. The summed E-state index contributed by atoms with van der Waals surface area (Å²) in [6, 6.07) is 1.42. The summed E-state index contributed by atoms with van der Waals surface area (Å²) in [5.41, 5.74) is 1.48. The summed E-state index contributed by atoms with van der Waals surface area (Å²) in [5.74, 6) is -1.38. The standard InChI is InChI=1S/C19H23N3O7S2/c1-11-15(18(23)27-3)17(16(12(2)20-11)19(24)28-4)13-9-14(30-10-13)31(25,26)21-22-5-7-29-8-6-22/h9-10,21H,5-8H2,1-4H3. The van der Waals surface area contributed by atoms with Gasteiger partial charge in [0.25, 0.3) is 10.0 Å². The second-order valence-corrected chi connectivity index (χ2v) is 9.54. The normalized spacial score (nSPS) is 15.0. The van der Waals surface area contributed by atoms with Crippen molar-refractivity contribution in [3.05, 3.63) is 34.0 Å². The monoisotopic (exact) mass is 469 g/mol. The highest BCUT2D eigenvalue weighted by Gasteiger charge is 2.29. The molecule has 3 heterocycles. The van der Waals surface area contributed by atoms with Crippen LogP contribution in [0, 0.1) is 13.8 Å². The smallest absolute Gasteiger partial charge is 0.340 e. The lowest BCUT2D eigenvalue weighted by molar-refractivity contribution is 0.0272. The average molecular weight is 470 g/mol. The molecule has 0 atom stereocenters. The number of carbonyl (C=O) groups is 2. The number of hydrazine groups is 1.